The summed E-state index contributed by atoms with van der Waals surface area (Å²) in [5, 5.41) is 5.10. The van der Waals surface area contributed by atoms with E-state index >= 15 is 0 Å². The molecule has 0 aliphatic carbocycles. The fourth-order valence-electron chi connectivity index (χ4n) is 2.91. The number of nitrogens with one attached hydrogen (secondary N) is 1. The van der Waals surface area contributed by atoms with Gasteiger partial charge in [-0.1, -0.05) is 18.2 Å². The SMILES string of the molecule is CCN(CC1CCCO1)C(=O)Cc1csc(NC(=O)c2ccccc2)n1. The first-order chi connectivity index (χ1) is 12.7. The Morgan fingerprint density at radius 3 is 2.85 bits per heavy atom. The lowest BCUT2D eigenvalue weighted by Gasteiger charge is -2.23. The van der Waals surface area contributed by atoms with E-state index in [0.29, 0.717) is 29.5 Å². The minimum absolute atomic E-state index is 0.0363. The maximum atomic E-state index is 12.5. The standard InChI is InChI=1S/C19H23N3O3S/c1-2-22(12-16-9-6-10-25-16)17(23)11-15-13-26-19(20-15)21-18(24)14-7-4-3-5-8-14/h3-5,7-8,13,16H,2,6,9-12H2,1H3,(H,20,21,24). The van der Waals surface area contributed by atoms with Gasteiger partial charge in [0.05, 0.1) is 18.2 Å². The first-order valence-corrected chi connectivity index (χ1v) is 9.74. The van der Waals surface area contributed by atoms with E-state index in [2.05, 4.69) is 10.3 Å². The molecule has 138 valence electrons. The molecule has 1 aromatic heterocycles. The van der Waals surface area contributed by atoms with Gasteiger partial charge in [0.25, 0.3) is 5.91 Å². The Bertz CT molecular complexity index is 741. The van der Waals surface area contributed by atoms with Crippen molar-refractivity contribution in [3.63, 3.8) is 0 Å². The van der Waals surface area contributed by atoms with E-state index in [1.54, 1.807) is 12.1 Å². The molecule has 1 saturated heterocycles. The monoisotopic (exact) mass is 373 g/mol. The zero-order valence-electron chi connectivity index (χ0n) is 14.8. The van der Waals surface area contributed by atoms with Crippen LogP contribution in [-0.4, -0.2) is 47.5 Å². The number of carbonyl (C=O) groups excluding carboxylic acids is 2. The van der Waals surface area contributed by atoms with Crippen LogP contribution < -0.4 is 5.32 Å². The van der Waals surface area contributed by atoms with Crippen molar-refractivity contribution in [1.29, 1.82) is 0 Å². The highest BCUT2D eigenvalue weighted by Gasteiger charge is 2.22. The summed E-state index contributed by atoms with van der Waals surface area (Å²) in [6.07, 6.45) is 2.46. The molecule has 1 aromatic carbocycles. The maximum absolute atomic E-state index is 12.5. The van der Waals surface area contributed by atoms with Crippen molar-refractivity contribution in [3.05, 3.63) is 47.0 Å². The Balaban J connectivity index is 1.55. The molecule has 1 unspecified atom stereocenters. The number of nitrogens with zero attached hydrogens (tertiary/aromatic N) is 2. The van der Waals surface area contributed by atoms with E-state index in [0.717, 1.165) is 19.4 Å². The van der Waals surface area contributed by atoms with Gasteiger partial charge in [-0.05, 0) is 31.9 Å². The summed E-state index contributed by atoms with van der Waals surface area (Å²) in [6, 6.07) is 8.98. The molecule has 2 amide bonds. The molecule has 1 atom stereocenters. The molecule has 6 nitrogen and oxygen atoms in total. The second kappa shape index (κ2) is 8.91. The second-order valence-electron chi connectivity index (χ2n) is 6.21. The number of anilines is 1. The Labute approximate surface area is 157 Å². The van der Waals surface area contributed by atoms with Crippen LogP contribution in [0.3, 0.4) is 0 Å². The van der Waals surface area contributed by atoms with E-state index in [1.807, 2.05) is 35.4 Å². The van der Waals surface area contributed by atoms with Crippen molar-refractivity contribution >= 4 is 28.3 Å². The number of aromatic nitrogens is 1. The number of thiazole rings is 1. The summed E-state index contributed by atoms with van der Waals surface area (Å²) < 4.78 is 5.62. The number of benzene rings is 1. The molecule has 7 heteroatoms. The van der Waals surface area contributed by atoms with Gasteiger partial charge in [-0.3, -0.25) is 14.9 Å². The first kappa shape index (κ1) is 18.5. The summed E-state index contributed by atoms with van der Waals surface area (Å²) >= 11 is 1.33. The van der Waals surface area contributed by atoms with Crippen LogP contribution in [0.2, 0.25) is 0 Å². The third kappa shape index (κ3) is 4.89. The molecule has 1 aliphatic rings. The smallest absolute Gasteiger partial charge is 0.257 e. The maximum Gasteiger partial charge on any atom is 0.257 e. The summed E-state index contributed by atoms with van der Waals surface area (Å²) in [7, 11) is 0. The molecule has 2 aromatic rings. The lowest BCUT2D eigenvalue weighted by Crippen LogP contribution is -2.38. The third-order valence-electron chi connectivity index (χ3n) is 4.32. The fourth-order valence-corrected chi connectivity index (χ4v) is 3.62. The molecule has 0 spiro atoms. The van der Waals surface area contributed by atoms with E-state index < -0.39 is 0 Å². The highest BCUT2D eigenvalue weighted by molar-refractivity contribution is 7.14. The number of hydrogen-bond acceptors (Lipinski definition) is 5. The van der Waals surface area contributed by atoms with Crippen LogP contribution in [0.1, 0.15) is 35.8 Å². The van der Waals surface area contributed by atoms with Gasteiger partial charge in [-0.2, -0.15) is 0 Å². The molecule has 26 heavy (non-hydrogen) atoms. The fraction of sp³-hybridized carbons (Fsp3) is 0.421. The van der Waals surface area contributed by atoms with E-state index in [1.165, 1.54) is 11.3 Å². The highest BCUT2D eigenvalue weighted by Crippen LogP contribution is 2.18. The topological polar surface area (TPSA) is 71.5 Å². The van der Waals surface area contributed by atoms with E-state index in [-0.39, 0.29) is 24.3 Å². The number of hydrogen-bond donors (Lipinski definition) is 1. The van der Waals surface area contributed by atoms with E-state index in [9.17, 15) is 9.59 Å². The summed E-state index contributed by atoms with van der Waals surface area (Å²) in [5.41, 5.74) is 1.25. The molecule has 0 bridgehead atoms. The van der Waals surface area contributed by atoms with E-state index in [4.69, 9.17) is 4.74 Å². The predicted molar refractivity (Wildman–Crippen MR) is 101 cm³/mol. The second-order valence-corrected chi connectivity index (χ2v) is 7.07. The van der Waals surface area contributed by atoms with Gasteiger partial charge in [0.15, 0.2) is 5.13 Å². The lowest BCUT2D eigenvalue weighted by molar-refractivity contribution is -0.131. The molecule has 2 heterocycles. The van der Waals surface area contributed by atoms with Gasteiger partial charge in [0.2, 0.25) is 5.91 Å². The lowest BCUT2D eigenvalue weighted by atomic mass is 10.2. The van der Waals surface area contributed by atoms with Gasteiger partial charge in [0.1, 0.15) is 0 Å². The number of likely N-dealkylation sites (N-methyl/N-ethyl adjacent to an activating group) is 1. The van der Waals surface area contributed by atoms with Gasteiger partial charge < -0.3 is 9.64 Å². The van der Waals surface area contributed by atoms with Crippen molar-refractivity contribution in [2.45, 2.75) is 32.3 Å². The predicted octanol–water partition coefficient (Wildman–Crippen LogP) is 2.97. The summed E-state index contributed by atoms with van der Waals surface area (Å²) in [6.45, 7) is 4.05. The van der Waals surface area contributed by atoms with Crippen LogP contribution in [0.15, 0.2) is 35.7 Å². The van der Waals surface area contributed by atoms with Crippen molar-refractivity contribution in [2.24, 2.45) is 0 Å². The average Bonchev–Trinajstić information content (AvgIpc) is 3.32. The number of carbonyl (C=O) groups is 2. The molecule has 3 rings (SSSR count). The minimum Gasteiger partial charge on any atom is -0.376 e. The Kier molecular flexibility index (Phi) is 6.35. The third-order valence-corrected chi connectivity index (χ3v) is 5.13. The zero-order chi connectivity index (χ0) is 18.4. The average molecular weight is 373 g/mol. The molecule has 1 fully saturated rings. The van der Waals surface area contributed by atoms with Crippen molar-refractivity contribution in [2.75, 3.05) is 25.0 Å². The largest absolute Gasteiger partial charge is 0.376 e. The van der Waals surface area contributed by atoms with Crippen LogP contribution in [0.4, 0.5) is 5.13 Å². The summed E-state index contributed by atoms with van der Waals surface area (Å²) in [4.78, 5) is 30.9. The Morgan fingerprint density at radius 1 is 1.35 bits per heavy atom. The van der Waals surface area contributed by atoms with Crippen LogP contribution in [0, 0.1) is 0 Å². The van der Waals surface area contributed by atoms with Crippen molar-refractivity contribution in [1.82, 2.24) is 9.88 Å². The summed E-state index contributed by atoms with van der Waals surface area (Å²) in [5.74, 6) is -0.166. The Hall–Kier alpha value is -2.25. The van der Waals surface area contributed by atoms with Crippen molar-refractivity contribution in [3.8, 4) is 0 Å². The van der Waals surface area contributed by atoms with Crippen molar-refractivity contribution < 1.29 is 14.3 Å². The number of ether oxygens (including phenoxy) is 1. The minimum atomic E-state index is -0.202. The van der Waals surface area contributed by atoms with Crippen LogP contribution in [0.5, 0.6) is 0 Å². The number of amides is 2. The zero-order valence-corrected chi connectivity index (χ0v) is 15.6. The quantitative estimate of drug-likeness (QED) is 0.810. The van der Waals surface area contributed by atoms with Gasteiger partial charge in [0, 0.05) is 30.6 Å². The van der Waals surface area contributed by atoms with Crippen LogP contribution >= 0.6 is 11.3 Å². The Morgan fingerprint density at radius 2 is 2.15 bits per heavy atom. The van der Waals surface area contributed by atoms with Gasteiger partial charge in [-0.25, -0.2) is 4.98 Å². The molecule has 1 N–H and O–H groups in total. The normalized spacial score (nSPS) is 16.4. The molecular formula is C19H23N3O3S. The number of rotatable bonds is 7. The molecule has 0 radical (unpaired) electrons. The van der Waals surface area contributed by atoms with Gasteiger partial charge in [-0.15, -0.1) is 11.3 Å². The first-order valence-electron chi connectivity index (χ1n) is 8.86. The molecule has 0 saturated carbocycles. The molecular weight excluding hydrogens is 350 g/mol. The van der Waals surface area contributed by atoms with Crippen LogP contribution in [0.25, 0.3) is 0 Å². The van der Waals surface area contributed by atoms with Crippen LogP contribution in [-0.2, 0) is 16.0 Å². The highest BCUT2D eigenvalue weighted by atomic mass is 32.1. The van der Waals surface area contributed by atoms with Gasteiger partial charge >= 0.3 is 0 Å². The molecule has 1 aliphatic heterocycles.